The van der Waals surface area contributed by atoms with Gasteiger partial charge in [0.2, 0.25) is 0 Å². The lowest BCUT2D eigenvalue weighted by Gasteiger charge is -2.10. The van der Waals surface area contributed by atoms with Gasteiger partial charge in [0.15, 0.2) is 5.16 Å². The van der Waals surface area contributed by atoms with Gasteiger partial charge in [0.05, 0.1) is 0 Å². The molecular formula is C14H17BrN4S. The summed E-state index contributed by atoms with van der Waals surface area (Å²) in [5, 5.41) is 7.27. The van der Waals surface area contributed by atoms with Gasteiger partial charge in [-0.25, -0.2) is 9.97 Å². The summed E-state index contributed by atoms with van der Waals surface area (Å²) in [5.41, 5.74) is 2.20. The summed E-state index contributed by atoms with van der Waals surface area (Å²) in [6, 6.07) is 8.06. The van der Waals surface area contributed by atoms with E-state index in [2.05, 4.69) is 49.5 Å². The van der Waals surface area contributed by atoms with Crippen LogP contribution in [0, 0.1) is 6.92 Å². The Balaban J connectivity index is 2.27. The molecule has 0 radical (unpaired) electrons. The van der Waals surface area contributed by atoms with Crippen molar-refractivity contribution in [1.29, 1.82) is 0 Å². The lowest BCUT2D eigenvalue weighted by Crippen LogP contribution is -2.03. The maximum atomic E-state index is 4.47. The number of nitrogens with one attached hydrogen (secondary N) is 2. The van der Waals surface area contributed by atoms with Crippen LogP contribution in [-0.4, -0.2) is 22.8 Å². The van der Waals surface area contributed by atoms with Gasteiger partial charge in [-0.3, -0.25) is 0 Å². The summed E-state index contributed by atoms with van der Waals surface area (Å²) in [6.07, 6.45) is 1.97. The molecule has 4 nitrogen and oxygen atoms in total. The zero-order valence-corrected chi connectivity index (χ0v) is 14.1. The van der Waals surface area contributed by atoms with E-state index < -0.39 is 0 Å². The number of aryl methyl sites for hydroxylation is 1. The Morgan fingerprint density at radius 3 is 2.60 bits per heavy atom. The fourth-order valence-corrected chi connectivity index (χ4v) is 2.43. The predicted octanol–water partition coefficient (Wildman–Crippen LogP) is 4.44. The summed E-state index contributed by atoms with van der Waals surface area (Å²) < 4.78 is 1.08. The van der Waals surface area contributed by atoms with Crippen LogP contribution < -0.4 is 10.6 Å². The average molecular weight is 353 g/mol. The van der Waals surface area contributed by atoms with Crippen LogP contribution in [0.25, 0.3) is 0 Å². The van der Waals surface area contributed by atoms with Gasteiger partial charge >= 0.3 is 0 Å². The first-order chi connectivity index (χ1) is 9.62. The molecule has 1 aromatic carbocycles. The second kappa shape index (κ2) is 6.95. The fourth-order valence-electron chi connectivity index (χ4n) is 1.67. The molecule has 2 aromatic rings. The maximum absolute atomic E-state index is 4.47. The second-order valence-electron chi connectivity index (χ2n) is 4.24. The number of aromatic nitrogens is 2. The smallest absolute Gasteiger partial charge is 0.191 e. The van der Waals surface area contributed by atoms with E-state index in [1.807, 2.05) is 31.4 Å². The third kappa shape index (κ3) is 3.86. The number of hydrogen-bond donors (Lipinski definition) is 2. The van der Waals surface area contributed by atoms with E-state index in [0.717, 1.165) is 33.5 Å². The van der Waals surface area contributed by atoms with Crippen LogP contribution in [0.1, 0.15) is 12.5 Å². The lowest BCUT2D eigenvalue weighted by molar-refractivity contribution is 0.967. The normalized spacial score (nSPS) is 10.4. The highest BCUT2D eigenvalue weighted by atomic mass is 79.9. The molecule has 0 fully saturated rings. The van der Waals surface area contributed by atoms with Gasteiger partial charge in [-0.05, 0) is 37.8 Å². The van der Waals surface area contributed by atoms with Gasteiger partial charge in [-0.15, -0.1) is 0 Å². The first-order valence-corrected chi connectivity index (χ1v) is 8.34. The Morgan fingerprint density at radius 2 is 1.95 bits per heavy atom. The number of hydrogen-bond acceptors (Lipinski definition) is 5. The van der Waals surface area contributed by atoms with Crippen molar-refractivity contribution in [2.24, 2.45) is 0 Å². The fraction of sp³-hybridized carbons (Fsp3) is 0.286. The van der Waals surface area contributed by atoms with Crippen LogP contribution >= 0.6 is 27.7 Å². The highest BCUT2D eigenvalue weighted by Gasteiger charge is 2.05. The zero-order chi connectivity index (χ0) is 14.5. The van der Waals surface area contributed by atoms with E-state index in [4.69, 9.17) is 0 Å². The van der Waals surface area contributed by atoms with Gasteiger partial charge in [0, 0.05) is 22.8 Å². The van der Waals surface area contributed by atoms with Gasteiger partial charge in [-0.1, -0.05) is 33.8 Å². The molecule has 0 saturated carbocycles. The van der Waals surface area contributed by atoms with Crippen molar-refractivity contribution in [3.8, 4) is 0 Å². The minimum Gasteiger partial charge on any atom is -0.370 e. The molecule has 0 amide bonds. The molecule has 0 aliphatic heterocycles. The highest BCUT2D eigenvalue weighted by molar-refractivity contribution is 9.10. The summed E-state index contributed by atoms with van der Waals surface area (Å²) >= 11 is 5.07. The Bertz CT molecular complexity index is 604. The predicted molar refractivity (Wildman–Crippen MR) is 90.1 cm³/mol. The number of thioether (sulfide) groups is 1. The number of benzene rings is 1. The van der Waals surface area contributed by atoms with Crippen LogP contribution in [0.3, 0.4) is 0 Å². The van der Waals surface area contributed by atoms with Crippen LogP contribution in [0.5, 0.6) is 0 Å². The summed E-state index contributed by atoms with van der Waals surface area (Å²) in [4.78, 5) is 8.87. The molecule has 0 bridgehead atoms. The molecule has 0 atom stereocenters. The number of nitrogens with zero attached hydrogens (tertiary/aromatic N) is 2. The topological polar surface area (TPSA) is 49.8 Å². The van der Waals surface area contributed by atoms with Crippen LogP contribution in [-0.2, 0) is 0 Å². The Morgan fingerprint density at radius 1 is 1.20 bits per heavy atom. The maximum Gasteiger partial charge on any atom is 0.191 e. The quantitative estimate of drug-likeness (QED) is 0.615. The molecule has 2 rings (SSSR count). The van der Waals surface area contributed by atoms with Crippen molar-refractivity contribution in [1.82, 2.24) is 9.97 Å². The van der Waals surface area contributed by atoms with Gasteiger partial charge < -0.3 is 10.6 Å². The molecule has 1 aromatic heterocycles. The van der Waals surface area contributed by atoms with E-state index in [0.29, 0.717) is 0 Å². The van der Waals surface area contributed by atoms with Crippen LogP contribution in [0.15, 0.2) is 33.9 Å². The van der Waals surface area contributed by atoms with Gasteiger partial charge in [0.25, 0.3) is 0 Å². The summed E-state index contributed by atoms with van der Waals surface area (Å²) in [7, 11) is 0. The van der Waals surface area contributed by atoms with E-state index in [1.54, 1.807) is 0 Å². The molecular weight excluding hydrogens is 336 g/mol. The SMILES string of the molecule is CCNc1cc(Nc2ccc(C)c(Br)c2)nc(SC)n1. The summed E-state index contributed by atoms with van der Waals surface area (Å²) in [5.74, 6) is 1.62. The number of anilines is 3. The average Bonchev–Trinajstić information content (AvgIpc) is 2.43. The largest absolute Gasteiger partial charge is 0.370 e. The minimum atomic E-state index is 0.747. The Kier molecular flexibility index (Phi) is 5.25. The first-order valence-electron chi connectivity index (χ1n) is 6.32. The summed E-state index contributed by atoms with van der Waals surface area (Å²) in [6.45, 7) is 4.94. The molecule has 0 spiro atoms. The van der Waals surface area contributed by atoms with Crippen LogP contribution in [0.4, 0.5) is 17.3 Å². The lowest BCUT2D eigenvalue weighted by atomic mass is 10.2. The monoisotopic (exact) mass is 352 g/mol. The van der Waals surface area contributed by atoms with Crippen LogP contribution in [0.2, 0.25) is 0 Å². The van der Waals surface area contributed by atoms with Gasteiger partial charge in [0.1, 0.15) is 11.6 Å². The number of rotatable bonds is 5. The molecule has 6 heteroatoms. The standard InChI is InChI=1S/C14H17BrN4S/c1-4-16-12-8-13(19-14(18-12)20-3)17-10-6-5-9(2)11(15)7-10/h5-8H,4H2,1-3H3,(H2,16,17,18,19). The molecule has 0 unspecified atom stereocenters. The third-order valence-corrected chi connectivity index (χ3v) is 4.09. The molecule has 0 saturated heterocycles. The van der Waals surface area contributed by atoms with Gasteiger partial charge in [-0.2, -0.15) is 0 Å². The van der Waals surface area contributed by atoms with Crippen molar-refractivity contribution in [3.63, 3.8) is 0 Å². The molecule has 20 heavy (non-hydrogen) atoms. The van der Waals surface area contributed by atoms with E-state index in [9.17, 15) is 0 Å². The minimum absolute atomic E-state index is 0.747. The highest BCUT2D eigenvalue weighted by Crippen LogP contribution is 2.24. The molecule has 2 N–H and O–H groups in total. The first kappa shape index (κ1) is 15.1. The zero-order valence-electron chi connectivity index (χ0n) is 11.7. The third-order valence-electron chi connectivity index (χ3n) is 2.69. The van der Waals surface area contributed by atoms with Crippen molar-refractivity contribution in [2.75, 3.05) is 23.4 Å². The second-order valence-corrected chi connectivity index (χ2v) is 5.87. The van der Waals surface area contributed by atoms with Crippen molar-refractivity contribution in [2.45, 2.75) is 19.0 Å². The molecule has 0 aliphatic carbocycles. The molecule has 0 aliphatic rings. The van der Waals surface area contributed by atoms with E-state index in [-0.39, 0.29) is 0 Å². The number of halogens is 1. The molecule has 1 heterocycles. The van der Waals surface area contributed by atoms with E-state index in [1.165, 1.54) is 17.3 Å². The van der Waals surface area contributed by atoms with Crippen molar-refractivity contribution >= 4 is 45.0 Å². The Labute approximate surface area is 131 Å². The Hall–Kier alpha value is -1.27. The molecule has 106 valence electrons. The van der Waals surface area contributed by atoms with Crippen molar-refractivity contribution in [3.05, 3.63) is 34.3 Å². The van der Waals surface area contributed by atoms with Crippen molar-refractivity contribution < 1.29 is 0 Å². The van der Waals surface area contributed by atoms with E-state index >= 15 is 0 Å².